The van der Waals surface area contributed by atoms with Gasteiger partial charge in [0.25, 0.3) is 0 Å². The van der Waals surface area contributed by atoms with Crippen LogP contribution in [0.15, 0.2) is 146 Å². The first kappa shape index (κ1) is 71.2. The lowest BCUT2D eigenvalue weighted by Crippen LogP contribution is -2.64. The van der Waals surface area contributed by atoms with Gasteiger partial charge >= 0.3 is 17.9 Å². The topological polar surface area (TPSA) is 145 Å². The highest BCUT2D eigenvalue weighted by molar-refractivity contribution is 5.91. The van der Waals surface area contributed by atoms with Crippen molar-refractivity contribution >= 4 is 23.8 Å². The smallest absolute Gasteiger partial charge is 0.338 e. The standard InChI is InChI=1S/C76H107NO11/c1-3-5-7-9-11-13-15-17-18-19-20-21-22-23-24-26-28-30-32-34-48-58-68(78)77-65(66(84-72(79)61-49-39-35-40-50-61)57-47-33-31-29-27-25-16-14-12-10-8-6-4-2)59-82-76-71(87-74(81)63-53-43-37-44-54-63)70(86-73(80)62-51-41-36-42-52-62)69-67(85-76)60-83-75(88-69)64-55-45-38-46-56-64/h17-18,35-47,49-57,65-67,69-71,75-76H,3-16,19-34,48,58-60H2,1-2H3,(H,77,78)/b18-17-,57-47+/t65-,66+,67+,69+,70-,71+,75?,76+/m0/s1. The van der Waals surface area contributed by atoms with Crippen molar-refractivity contribution in [2.24, 2.45) is 0 Å². The number of carbonyl (C=O) groups is 4. The molecule has 6 rings (SSSR count). The molecule has 0 saturated carbocycles. The van der Waals surface area contributed by atoms with E-state index in [0.29, 0.717) is 12.0 Å². The van der Waals surface area contributed by atoms with Gasteiger partial charge in [0.1, 0.15) is 18.3 Å². The van der Waals surface area contributed by atoms with Crippen molar-refractivity contribution in [1.82, 2.24) is 5.32 Å². The highest BCUT2D eigenvalue weighted by Gasteiger charge is 2.55. The van der Waals surface area contributed by atoms with Gasteiger partial charge in [-0.15, -0.1) is 0 Å². The first-order chi connectivity index (χ1) is 43.3. The van der Waals surface area contributed by atoms with Crippen molar-refractivity contribution < 1.29 is 52.3 Å². The van der Waals surface area contributed by atoms with Crippen LogP contribution in [0.1, 0.15) is 262 Å². The minimum atomic E-state index is -1.40. The van der Waals surface area contributed by atoms with Crippen molar-refractivity contribution in [3.8, 4) is 0 Å². The maximum atomic E-state index is 14.2. The molecule has 4 aromatic carbocycles. The summed E-state index contributed by atoms with van der Waals surface area (Å²) in [5, 5.41) is 3.20. The Morgan fingerprint density at radius 2 is 0.886 bits per heavy atom. The van der Waals surface area contributed by atoms with E-state index in [1.807, 2.05) is 48.6 Å². The van der Waals surface area contributed by atoms with Crippen LogP contribution in [0.4, 0.5) is 0 Å². The maximum absolute atomic E-state index is 14.2. The zero-order valence-electron chi connectivity index (χ0n) is 53.5. The third kappa shape index (κ3) is 27.9. The van der Waals surface area contributed by atoms with E-state index in [1.165, 1.54) is 148 Å². The normalized spacial score (nSPS) is 19.0. The van der Waals surface area contributed by atoms with Gasteiger partial charge in [0.05, 0.1) is 35.9 Å². The van der Waals surface area contributed by atoms with Crippen LogP contribution < -0.4 is 5.32 Å². The lowest BCUT2D eigenvalue weighted by atomic mass is 9.96. The van der Waals surface area contributed by atoms with Gasteiger partial charge < -0.3 is 38.5 Å². The summed E-state index contributed by atoms with van der Waals surface area (Å²) in [4.78, 5) is 56.6. The van der Waals surface area contributed by atoms with Gasteiger partial charge in [0, 0.05) is 12.0 Å². The molecule has 0 spiro atoms. The van der Waals surface area contributed by atoms with Gasteiger partial charge in [-0.3, -0.25) is 4.79 Å². The van der Waals surface area contributed by atoms with Crippen LogP contribution in [0.2, 0.25) is 0 Å². The predicted molar refractivity (Wildman–Crippen MR) is 351 cm³/mol. The van der Waals surface area contributed by atoms with E-state index in [1.54, 1.807) is 84.9 Å². The number of amides is 1. The summed E-state index contributed by atoms with van der Waals surface area (Å²) in [7, 11) is 0. The fraction of sp³-hybridized carbons (Fsp3) is 0.579. The Balaban J connectivity index is 1.13. The molecule has 2 aliphatic heterocycles. The van der Waals surface area contributed by atoms with Crippen LogP contribution in [-0.4, -0.2) is 79.9 Å². The summed E-state index contributed by atoms with van der Waals surface area (Å²) >= 11 is 0. The van der Waals surface area contributed by atoms with Crippen LogP contribution in [0.5, 0.6) is 0 Å². The molecule has 8 atom stereocenters. The van der Waals surface area contributed by atoms with Gasteiger partial charge in [-0.25, -0.2) is 14.4 Å². The molecule has 2 aliphatic rings. The number of fused-ring (bicyclic) bond motifs is 1. The Morgan fingerprint density at radius 1 is 0.477 bits per heavy atom. The summed E-state index contributed by atoms with van der Waals surface area (Å²) in [6.07, 6.45) is 38.6. The molecule has 2 fully saturated rings. The Bertz CT molecular complexity index is 2520. The number of hydrogen-bond acceptors (Lipinski definition) is 11. The van der Waals surface area contributed by atoms with E-state index in [2.05, 4.69) is 31.3 Å². The van der Waals surface area contributed by atoms with E-state index in [0.717, 1.165) is 50.5 Å². The van der Waals surface area contributed by atoms with Gasteiger partial charge in [-0.1, -0.05) is 271 Å². The van der Waals surface area contributed by atoms with E-state index in [9.17, 15) is 19.2 Å². The van der Waals surface area contributed by atoms with E-state index in [4.69, 9.17) is 33.2 Å². The summed E-state index contributed by atoms with van der Waals surface area (Å²) < 4.78 is 45.5. The molecule has 1 N–H and O–H groups in total. The number of allylic oxidation sites excluding steroid dienone is 3. The minimum absolute atomic E-state index is 0.0137. The molecule has 12 nitrogen and oxygen atoms in total. The fourth-order valence-corrected chi connectivity index (χ4v) is 11.5. The number of rotatable bonds is 46. The monoisotopic (exact) mass is 1210 g/mol. The molecule has 2 saturated heterocycles. The lowest BCUT2D eigenvalue weighted by molar-refractivity contribution is -0.360. The first-order valence-corrected chi connectivity index (χ1v) is 34.3. The molecule has 482 valence electrons. The number of benzene rings is 4. The van der Waals surface area contributed by atoms with Crippen molar-refractivity contribution in [1.29, 1.82) is 0 Å². The van der Waals surface area contributed by atoms with Gasteiger partial charge in [-0.2, -0.15) is 0 Å². The number of nitrogens with one attached hydrogen (secondary N) is 1. The third-order valence-corrected chi connectivity index (χ3v) is 16.8. The second kappa shape index (κ2) is 44.5. The number of ether oxygens (including phenoxy) is 7. The molecule has 2 heterocycles. The Morgan fingerprint density at radius 3 is 1.36 bits per heavy atom. The quantitative estimate of drug-likeness (QED) is 0.0195. The molecule has 1 amide bonds. The second-order valence-electron chi connectivity index (χ2n) is 24.1. The highest BCUT2D eigenvalue weighted by atomic mass is 16.8. The molecule has 12 heteroatoms. The van der Waals surface area contributed by atoms with Crippen LogP contribution in [-0.2, 0) is 38.0 Å². The maximum Gasteiger partial charge on any atom is 0.338 e. The molecular formula is C76H107NO11. The first-order valence-electron chi connectivity index (χ1n) is 34.3. The van der Waals surface area contributed by atoms with Crippen LogP contribution >= 0.6 is 0 Å². The van der Waals surface area contributed by atoms with E-state index < -0.39 is 67.0 Å². The average molecular weight is 1210 g/mol. The molecule has 0 bridgehead atoms. The van der Waals surface area contributed by atoms with E-state index >= 15 is 0 Å². The molecule has 4 aromatic rings. The molecule has 1 unspecified atom stereocenters. The molecular weight excluding hydrogens is 1100 g/mol. The van der Waals surface area contributed by atoms with Crippen LogP contribution in [0, 0.1) is 0 Å². The van der Waals surface area contributed by atoms with Crippen molar-refractivity contribution in [2.45, 2.75) is 268 Å². The SMILES string of the molecule is CCCCCCCC/C=C\CCCCCCCCCCCCCC(=O)N[C@@H](CO[C@@H]1O[C@@H]2COC(c3ccccc3)O[C@H]2[C@H](OC(=O)c2ccccc2)[C@H]1OC(=O)c1ccccc1)[C@@H](/C=C/CCCCCCCCCCCCC)OC(=O)c1ccccc1. The summed E-state index contributed by atoms with van der Waals surface area (Å²) in [5.74, 6) is -2.15. The number of unbranched alkanes of at least 4 members (excludes halogenated alkanes) is 28. The third-order valence-electron chi connectivity index (χ3n) is 16.8. The van der Waals surface area contributed by atoms with Crippen molar-refractivity contribution in [2.75, 3.05) is 13.2 Å². The summed E-state index contributed by atoms with van der Waals surface area (Å²) in [5.41, 5.74) is 1.63. The summed E-state index contributed by atoms with van der Waals surface area (Å²) in [6, 6.07) is 34.3. The van der Waals surface area contributed by atoms with Crippen LogP contribution in [0.3, 0.4) is 0 Å². The zero-order chi connectivity index (χ0) is 61.9. The Labute approximate surface area is 528 Å². The summed E-state index contributed by atoms with van der Waals surface area (Å²) in [6.45, 7) is 4.28. The number of esters is 3. The van der Waals surface area contributed by atoms with Crippen molar-refractivity contribution in [3.05, 3.63) is 168 Å². The zero-order valence-corrected chi connectivity index (χ0v) is 53.5. The van der Waals surface area contributed by atoms with Gasteiger partial charge in [-0.05, 0) is 87.4 Å². The van der Waals surface area contributed by atoms with Gasteiger partial charge in [0.2, 0.25) is 5.91 Å². The fourth-order valence-electron chi connectivity index (χ4n) is 11.5. The van der Waals surface area contributed by atoms with Crippen LogP contribution in [0.25, 0.3) is 0 Å². The predicted octanol–water partition coefficient (Wildman–Crippen LogP) is 18.6. The number of hydrogen-bond donors (Lipinski definition) is 1. The lowest BCUT2D eigenvalue weighted by Gasteiger charge is -2.48. The Kier molecular flexibility index (Phi) is 36.0. The van der Waals surface area contributed by atoms with Gasteiger partial charge in [0.15, 0.2) is 24.8 Å². The largest absolute Gasteiger partial charge is 0.452 e. The van der Waals surface area contributed by atoms with Crippen molar-refractivity contribution in [3.63, 3.8) is 0 Å². The highest BCUT2D eigenvalue weighted by Crippen LogP contribution is 2.38. The number of carbonyl (C=O) groups excluding carboxylic acids is 4. The minimum Gasteiger partial charge on any atom is -0.452 e. The second-order valence-corrected chi connectivity index (χ2v) is 24.1. The van der Waals surface area contributed by atoms with E-state index in [-0.39, 0.29) is 36.7 Å². The molecule has 0 radical (unpaired) electrons. The molecule has 88 heavy (non-hydrogen) atoms. The Hall–Kier alpha value is -5.92. The molecule has 0 aromatic heterocycles. The molecule has 0 aliphatic carbocycles. The average Bonchev–Trinajstić information content (AvgIpc) is 1.26.